The molecule has 1 rings (SSSR count). The fourth-order valence-corrected chi connectivity index (χ4v) is 1.32. The zero-order chi connectivity index (χ0) is 9.52. The number of hydrogen-bond donors (Lipinski definition) is 0. The van der Waals surface area contributed by atoms with Gasteiger partial charge in [-0.1, -0.05) is 13.8 Å². The zero-order valence-electron chi connectivity index (χ0n) is 8.68. The second-order valence-corrected chi connectivity index (χ2v) is 3.68. The number of morpholine rings is 1. The van der Waals surface area contributed by atoms with Crippen LogP contribution in [0.3, 0.4) is 0 Å². The highest BCUT2D eigenvalue weighted by molar-refractivity contribution is 5.01. The lowest BCUT2D eigenvalue weighted by molar-refractivity contribution is 0.0390. The average Bonchev–Trinajstić information content (AvgIpc) is 2.14. The molecule has 0 amide bonds. The predicted octanol–water partition coefficient (Wildman–Crippen LogP) is 1.37. The number of nitrogens with zero attached hydrogens (tertiary/aromatic N) is 1. The van der Waals surface area contributed by atoms with Gasteiger partial charge in [0.15, 0.2) is 0 Å². The molecule has 1 fully saturated rings. The van der Waals surface area contributed by atoms with Gasteiger partial charge in [-0.25, -0.2) is 0 Å². The summed E-state index contributed by atoms with van der Waals surface area (Å²) in [4.78, 5) is 2.42. The Kier molecular flexibility index (Phi) is 4.88. The molecule has 0 spiro atoms. The van der Waals surface area contributed by atoms with Gasteiger partial charge < -0.3 is 4.74 Å². The molecule has 74 valence electrons. The molecular weight excluding hydrogens is 162 g/mol. The summed E-state index contributed by atoms with van der Waals surface area (Å²) in [7, 11) is 0. The van der Waals surface area contributed by atoms with Gasteiger partial charge in [-0.3, -0.25) is 4.90 Å². The first-order chi connectivity index (χ1) is 6.29. The SMILES string of the molecule is CC(C)C#CCCN1CCOCC1. The summed E-state index contributed by atoms with van der Waals surface area (Å²) >= 11 is 0. The van der Waals surface area contributed by atoms with Crippen LogP contribution in [-0.2, 0) is 4.74 Å². The Morgan fingerprint density at radius 1 is 1.31 bits per heavy atom. The van der Waals surface area contributed by atoms with Crippen LogP contribution in [0.5, 0.6) is 0 Å². The van der Waals surface area contributed by atoms with Gasteiger partial charge in [-0.2, -0.15) is 0 Å². The fraction of sp³-hybridized carbons (Fsp3) is 0.818. The van der Waals surface area contributed by atoms with E-state index in [9.17, 15) is 0 Å². The molecule has 13 heavy (non-hydrogen) atoms. The molecule has 0 aliphatic carbocycles. The second-order valence-electron chi connectivity index (χ2n) is 3.68. The Hall–Kier alpha value is -0.520. The van der Waals surface area contributed by atoms with Crippen LogP contribution in [0.4, 0.5) is 0 Å². The Balaban J connectivity index is 2.08. The van der Waals surface area contributed by atoms with E-state index < -0.39 is 0 Å². The van der Waals surface area contributed by atoms with E-state index in [2.05, 4.69) is 30.6 Å². The molecule has 1 saturated heterocycles. The summed E-state index contributed by atoms with van der Waals surface area (Å²) in [5.41, 5.74) is 0. The summed E-state index contributed by atoms with van der Waals surface area (Å²) < 4.78 is 5.27. The van der Waals surface area contributed by atoms with Gasteiger partial charge >= 0.3 is 0 Å². The highest BCUT2D eigenvalue weighted by atomic mass is 16.5. The Bertz CT molecular complexity index is 184. The number of rotatable bonds is 2. The summed E-state index contributed by atoms with van der Waals surface area (Å²) in [6.07, 6.45) is 0.998. The third-order valence-electron chi connectivity index (χ3n) is 2.05. The van der Waals surface area contributed by atoms with Crippen LogP contribution in [-0.4, -0.2) is 37.7 Å². The van der Waals surface area contributed by atoms with Crippen LogP contribution < -0.4 is 0 Å². The Labute approximate surface area is 81.3 Å². The summed E-state index contributed by atoms with van der Waals surface area (Å²) in [5, 5.41) is 0. The first-order valence-corrected chi connectivity index (χ1v) is 5.07. The van der Waals surface area contributed by atoms with Gasteiger partial charge in [-0.15, -0.1) is 11.8 Å². The van der Waals surface area contributed by atoms with Gasteiger partial charge in [0.1, 0.15) is 0 Å². The van der Waals surface area contributed by atoms with Gasteiger partial charge in [-0.05, 0) is 0 Å². The maximum absolute atomic E-state index is 5.27. The fourth-order valence-electron chi connectivity index (χ4n) is 1.32. The van der Waals surface area contributed by atoms with Crippen molar-refractivity contribution >= 4 is 0 Å². The number of hydrogen-bond acceptors (Lipinski definition) is 2. The smallest absolute Gasteiger partial charge is 0.0594 e. The minimum absolute atomic E-state index is 0.504. The Morgan fingerprint density at radius 2 is 2.00 bits per heavy atom. The van der Waals surface area contributed by atoms with Crippen molar-refractivity contribution in [3.63, 3.8) is 0 Å². The van der Waals surface area contributed by atoms with E-state index in [1.54, 1.807) is 0 Å². The van der Waals surface area contributed by atoms with E-state index in [4.69, 9.17) is 4.74 Å². The molecule has 0 atom stereocenters. The van der Waals surface area contributed by atoms with Crippen molar-refractivity contribution in [2.45, 2.75) is 20.3 Å². The van der Waals surface area contributed by atoms with Crippen LogP contribution in [0.1, 0.15) is 20.3 Å². The molecular formula is C11H19NO. The zero-order valence-corrected chi connectivity index (χ0v) is 8.68. The molecule has 0 N–H and O–H groups in total. The molecule has 0 bridgehead atoms. The van der Waals surface area contributed by atoms with Crippen LogP contribution in [0.2, 0.25) is 0 Å². The van der Waals surface area contributed by atoms with Crippen molar-refractivity contribution < 1.29 is 4.74 Å². The highest BCUT2D eigenvalue weighted by Crippen LogP contribution is 1.97. The van der Waals surface area contributed by atoms with Crippen LogP contribution in [0, 0.1) is 17.8 Å². The van der Waals surface area contributed by atoms with Gasteiger partial charge in [0.2, 0.25) is 0 Å². The normalized spacial score (nSPS) is 18.4. The molecule has 0 radical (unpaired) electrons. The molecule has 0 aromatic rings. The quantitative estimate of drug-likeness (QED) is 0.597. The molecule has 0 aromatic heterocycles. The minimum Gasteiger partial charge on any atom is -0.379 e. The molecule has 1 aliphatic rings. The summed E-state index contributed by atoms with van der Waals surface area (Å²) in [6.45, 7) is 9.27. The topological polar surface area (TPSA) is 12.5 Å². The maximum Gasteiger partial charge on any atom is 0.0594 e. The molecule has 0 saturated carbocycles. The van der Waals surface area contributed by atoms with E-state index in [1.807, 2.05) is 0 Å². The van der Waals surface area contributed by atoms with E-state index in [0.29, 0.717) is 5.92 Å². The molecule has 1 heterocycles. The minimum atomic E-state index is 0.504. The average molecular weight is 181 g/mol. The van der Waals surface area contributed by atoms with Crippen LogP contribution >= 0.6 is 0 Å². The molecule has 1 aliphatic heterocycles. The van der Waals surface area contributed by atoms with E-state index in [-0.39, 0.29) is 0 Å². The summed E-state index contributed by atoms with van der Waals surface area (Å²) in [6, 6.07) is 0. The van der Waals surface area contributed by atoms with Crippen molar-refractivity contribution in [2.75, 3.05) is 32.8 Å². The van der Waals surface area contributed by atoms with Crippen molar-refractivity contribution in [3.8, 4) is 11.8 Å². The number of ether oxygens (including phenoxy) is 1. The third kappa shape index (κ3) is 4.92. The standard InChI is InChI=1S/C11H19NO/c1-11(2)5-3-4-6-12-7-9-13-10-8-12/h11H,4,6-10H2,1-2H3. The molecule has 2 heteroatoms. The van der Waals surface area contributed by atoms with Gasteiger partial charge in [0.05, 0.1) is 13.2 Å². The van der Waals surface area contributed by atoms with Crippen molar-refractivity contribution in [1.82, 2.24) is 4.90 Å². The van der Waals surface area contributed by atoms with Crippen molar-refractivity contribution in [3.05, 3.63) is 0 Å². The highest BCUT2D eigenvalue weighted by Gasteiger charge is 2.08. The van der Waals surface area contributed by atoms with Crippen molar-refractivity contribution in [1.29, 1.82) is 0 Å². The van der Waals surface area contributed by atoms with Gasteiger partial charge in [0, 0.05) is 32.0 Å². The Morgan fingerprint density at radius 3 is 2.62 bits per heavy atom. The largest absolute Gasteiger partial charge is 0.379 e. The lowest BCUT2D eigenvalue weighted by atomic mass is 10.2. The summed E-state index contributed by atoms with van der Waals surface area (Å²) in [5.74, 6) is 6.88. The van der Waals surface area contributed by atoms with Gasteiger partial charge in [0.25, 0.3) is 0 Å². The predicted molar refractivity (Wildman–Crippen MR) is 54.5 cm³/mol. The van der Waals surface area contributed by atoms with E-state index >= 15 is 0 Å². The molecule has 0 unspecified atom stereocenters. The second kappa shape index (κ2) is 6.01. The van der Waals surface area contributed by atoms with Crippen LogP contribution in [0.25, 0.3) is 0 Å². The third-order valence-corrected chi connectivity index (χ3v) is 2.05. The lowest BCUT2D eigenvalue weighted by Crippen LogP contribution is -2.36. The van der Waals surface area contributed by atoms with Crippen LogP contribution in [0.15, 0.2) is 0 Å². The lowest BCUT2D eigenvalue weighted by Gasteiger charge is -2.25. The molecule has 0 aromatic carbocycles. The van der Waals surface area contributed by atoms with E-state index in [0.717, 1.165) is 39.3 Å². The first kappa shape index (κ1) is 10.6. The van der Waals surface area contributed by atoms with Crippen molar-refractivity contribution in [2.24, 2.45) is 5.92 Å². The maximum atomic E-state index is 5.27. The van der Waals surface area contributed by atoms with E-state index in [1.165, 1.54) is 0 Å². The first-order valence-electron chi connectivity index (χ1n) is 5.07. The monoisotopic (exact) mass is 181 g/mol. The molecule has 2 nitrogen and oxygen atoms in total.